The molecule has 1 aromatic heterocycles. The van der Waals surface area contributed by atoms with Crippen molar-refractivity contribution in [3.63, 3.8) is 0 Å². The van der Waals surface area contributed by atoms with Crippen LogP contribution in [0.25, 0.3) is 0 Å². The maximum absolute atomic E-state index is 11.4. The van der Waals surface area contributed by atoms with Crippen LogP contribution in [0.15, 0.2) is 10.7 Å². The van der Waals surface area contributed by atoms with E-state index in [1.54, 1.807) is 33.9 Å². The third kappa shape index (κ3) is 4.44. The molecule has 1 amide bonds. The van der Waals surface area contributed by atoms with Crippen molar-refractivity contribution in [3.05, 3.63) is 17.5 Å². The van der Waals surface area contributed by atoms with Crippen molar-refractivity contribution in [2.45, 2.75) is 39.3 Å². The number of hydrogen-bond acceptors (Lipinski definition) is 5. The predicted octanol–water partition coefficient (Wildman–Crippen LogP) is 1.51. The van der Waals surface area contributed by atoms with Crippen LogP contribution in [0.1, 0.15) is 38.1 Å². The van der Waals surface area contributed by atoms with Crippen LogP contribution >= 0.6 is 0 Å². The maximum atomic E-state index is 11.4. The van der Waals surface area contributed by atoms with Crippen molar-refractivity contribution in [1.82, 2.24) is 10.5 Å². The van der Waals surface area contributed by atoms with Crippen molar-refractivity contribution in [3.8, 4) is 0 Å². The van der Waals surface area contributed by atoms with E-state index in [0.717, 1.165) is 5.56 Å². The Bertz CT molecular complexity index is 382. The largest absolute Gasteiger partial charge is 0.444 e. The molecule has 0 radical (unpaired) electrons. The molecule has 3 N–H and O–H groups in total. The summed E-state index contributed by atoms with van der Waals surface area (Å²) in [6.45, 7) is 7.45. The van der Waals surface area contributed by atoms with Gasteiger partial charge in [-0.05, 0) is 27.7 Å². The highest BCUT2D eigenvalue weighted by atomic mass is 16.6. The van der Waals surface area contributed by atoms with Gasteiger partial charge in [-0.3, -0.25) is 0 Å². The van der Waals surface area contributed by atoms with Crippen molar-refractivity contribution in [1.29, 1.82) is 0 Å². The number of hydrogen-bond donors (Lipinski definition) is 2. The highest BCUT2D eigenvalue weighted by Crippen LogP contribution is 2.14. The monoisotopic (exact) mass is 241 g/mol. The van der Waals surface area contributed by atoms with E-state index in [1.807, 2.05) is 0 Å². The molecule has 0 aromatic carbocycles. The van der Waals surface area contributed by atoms with Gasteiger partial charge >= 0.3 is 6.09 Å². The summed E-state index contributed by atoms with van der Waals surface area (Å²) in [5, 5.41) is 6.23. The molecule has 0 aliphatic carbocycles. The lowest BCUT2D eigenvalue weighted by atomic mass is 10.1. The number of nitrogens with two attached hydrogens (primary N) is 1. The minimum Gasteiger partial charge on any atom is -0.444 e. The van der Waals surface area contributed by atoms with Gasteiger partial charge < -0.3 is 20.3 Å². The molecule has 0 saturated heterocycles. The fourth-order valence-electron chi connectivity index (χ4n) is 1.28. The number of aromatic nitrogens is 1. The number of aryl methyl sites for hydroxylation is 1. The molecular weight excluding hydrogens is 222 g/mol. The van der Waals surface area contributed by atoms with E-state index in [-0.39, 0.29) is 12.6 Å². The minimum absolute atomic E-state index is 0.275. The summed E-state index contributed by atoms with van der Waals surface area (Å²) in [6.07, 6.45) is 1.07. The van der Waals surface area contributed by atoms with Crippen molar-refractivity contribution >= 4 is 6.09 Å². The Kier molecular flexibility index (Phi) is 4.11. The Balaban J connectivity index is 2.41. The number of carbonyl (C=O) groups excluding carboxylic acids is 1. The molecule has 0 aliphatic rings. The highest BCUT2D eigenvalue weighted by Gasteiger charge is 2.18. The van der Waals surface area contributed by atoms with Gasteiger partial charge in [0.15, 0.2) is 0 Å². The molecule has 0 saturated carbocycles. The quantitative estimate of drug-likeness (QED) is 0.837. The Morgan fingerprint density at radius 1 is 1.65 bits per heavy atom. The summed E-state index contributed by atoms with van der Waals surface area (Å²) < 4.78 is 9.99. The van der Waals surface area contributed by atoms with E-state index in [4.69, 9.17) is 15.0 Å². The molecule has 0 bridgehead atoms. The molecule has 1 heterocycles. The molecule has 1 atom stereocenters. The SMILES string of the molecule is Cc1oncc1C(N)CNC(=O)OC(C)(C)C. The predicted molar refractivity (Wildman–Crippen MR) is 62.4 cm³/mol. The minimum atomic E-state index is -0.513. The van der Waals surface area contributed by atoms with E-state index in [0.29, 0.717) is 5.76 Å². The number of carbonyl (C=O) groups is 1. The normalized spacial score (nSPS) is 13.2. The van der Waals surface area contributed by atoms with Gasteiger partial charge in [0, 0.05) is 12.1 Å². The average Bonchev–Trinajstić information content (AvgIpc) is 2.58. The van der Waals surface area contributed by atoms with E-state index < -0.39 is 11.7 Å². The van der Waals surface area contributed by atoms with Crippen LogP contribution in [0.5, 0.6) is 0 Å². The third-order valence-corrected chi connectivity index (χ3v) is 2.05. The van der Waals surface area contributed by atoms with E-state index in [2.05, 4.69) is 10.5 Å². The number of nitrogens with zero attached hydrogens (tertiary/aromatic N) is 1. The molecule has 0 aliphatic heterocycles. The van der Waals surface area contributed by atoms with Gasteiger partial charge in [0.1, 0.15) is 11.4 Å². The van der Waals surface area contributed by atoms with Gasteiger partial charge in [0.05, 0.1) is 12.2 Å². The van der Waals surface area contributed by atoms with Crippen LogP contribution in [0, 0.1) is 6.92 Å². The van der Waals surface area contributed by atoms with Gasteiger partial charge in [-0.1, -0.05) is 5.16 Å². The van der Waals surface area contributed by atoms with E-state index in [1.165, 1.54) is 0 Å². The van der Waals surface area contributed by atoms with Crippen molar-refractivity contribution in [2.24, 2.45) is 5.73 Å². The van der Waals surface area contributed by atoms with E-state index >= 15 is 0 Å². The molecule has 0 fully saturated rings. The summed E-state index contributed by atoms with van der Waals surface area (Å²) in [6, 6.07) is -0.353. The molecular formula is C11H19N3O3. The molecule has 6 nitrogen and oxygen atoms in total. The molecule has 1 unspecified atom stereocenters. The van der Waals surface area contributed by atoms with E-state index in [9.17, 15) is 4.79 Å². The Labute approximate surface area is 100 Å². The van der Waals surface area contributed by atoms with Gasteiger partial charge in [0.2, 0.25) is 0 Å². The summed E-state index contributed by atoms with van der Waals surface area (Å²) >= 11 is 0. The number of amides is 1. The summed E-state index contributed by atoms with van der Waals surface area (Å²) in [7, 11) is 0. The first-order valence-corrected chi connectivity index (χ1v) is 5.43. The zero-order chi connectivity index (χ0) is 13.1. The van der Waals surface area contributed by atoms with Gasteiger partial charge in [-0.15, -0.1) is 0 Å². The number of nitrogens with one attached hydrogen (secondary N) is 1. The summed E-state index contributed by atoms with van der Waals surface area (Å²) in [5.74, 6) is 0.656. The van der Waals surface area contributed by atoms with Gasteiger partial charge in [-0.25, -0.2) is 4.79 Å². The van der Waals surface area contributed by atoms with Crippen LogP contribution < -0.4 is 11.1 Å². The first kappa shape index (κ1) is 13.5. The third-order valence-electron chi connectivity index (χ3n) is 2.05. The molecule has 0 spiro atoms. The van der Waals surface area contributed by atoms with Crippen molar-refractivity contribution in [2.75, 3.05) is 6.54 Å². The number of rotatable bonds is 3. The summed E-state index contributed by atoms with van der Waals surface area (Å²) in [5.41, 5.74) is 6.15. The Hall–Kier alpha value is -1.56. The first-order valence-electron chi connectivity index (χ1n) is 5.43. The Morgan fingerprint density at radius 2 is 2.29 bits per heavy atom. The standard InChI is InChI=1S/C11H19N3O3/c1-7-8(5-14-17-7)9(12)6-13-10(15)16-11(2,3)4/h5,9H,6,12H2,1-4H3,(H,13,15). The molecule has 96 valence electrons. The zero-order valence-electron chi connectivity index (χ0n) is 10.6. The fourth-order valence-corrected chi connectivity index (χ4v) is 1.28. The molecule has 6 heteroatoms. The topological polar surface area (TPSA) is 90.4 Å². The average molecular weight is 241 g/mol. The van der Waals surface area contributed by atoms with Gasteiger partial charge in [0.25, 0.3) is 0 Å². The number of alkyl carbamates (subject to hydrolysis) is 1. The lowest BCUT2D eigenvalue weighted by Gasteiger charge is -2.20. The van der Waals surface area contributed by atoms with Gasteiger partial charge in [-0.2, -0.15) is 0 Å². The lowest BCUT2D eigenvalue weighted by molar-refractivity contribution is 0.0524. The fraction of sp³-hybridized carbons (Fsp3) is 0.636. The van der Waals surface area contributed by atoms with Crippen molar-refractivity contribution < 1.29 is 14.1 Å². The second-order valence-electron chi connectivity index (χ2n) is 4.83. The lowest BCUT2D eigenvalue weighted by Crippen LogP contribution is -2.36. The van der Waals surface area contributed by atoms with Crippen LogP contribution in [0.3, 0.4) is 0 Å². The molecule has 17 heavy (non-hydrogen) atoms. The first-order chi connectivity index (χ1) is 7.79. The van der Waals surface area contributed by atoms with Crippen LogP contribution in [0.2, 0.25) is 0 Å². The molecule has 1 rings (SSSR count). The maximum Gasteiger partial charge on any atom is 0.407 e. The van der Waals surface area contributed by atoms with Crippen LogP contribution in [-0.4, -0.2) is 23.4 Å². The zero-order valence-corrected chi connectivity index (χ0v) is 10.6. The smallest absolute Gasteiger partial charge is 0.407 e. The Morgan fingerprint density at radius 3 is 2.76 bits per heavy atom. The second-order valence-corrected chi connectivity index (χ2v) is 4.83. The highest BCUT2D eigenvalue weighted by molar-refractivity contribution is 5.67. The van der Waals surface area contributed by atoms with Crippen LogP contribution in [-0.2, 0) is 4.74 Å². The molecule has 1 aromatic rings. The number of ether oxygens (including phenoxy) is 1. The second kappa shape index (κ2) is 5.18. The summed E-state index contributed by atoms with van der Waals surface area (Å²) in [4.78, 5) is 11.4. The van der Waals surface area contributed by atoms with Crippen LogP contribution in [0.4, 0.5) is 4.79 Å².